The van der Waals surface area contributed by atoms with Crippen LogP contribution in [-0.4, -0.2) is 23.7 Å². The maximum atomic E-state index is 11.6. The number of methoxy groups -OCH3 is 1. The van der Waals surface area contributed by atoms with E-state index in [9.17, 15) is 9.59 Å². The molecule has 16 heavy (non-hydrogen) atoms. The number of ether oxygens (including phenoxy) is 1. The number of hydrogen-bond donors (Lipinski definition) is 0. The van der Waals surface area contributed by atoms with E-state index in [0.717, 1.165) is 19.3 Å². The average Bonchev–Trinajstić information content (AvgIpc) is 2.27. The van der Waals surface area contributed by atoms with Crippen molar-refractivity contribution in [2.75, 3.05) is 7.11 Å². The number of rotatable bonds is 7. The largest absolute Gasteiger partial charge is 0.468 e. The van der Waals surface area contributed by atoms with Crippen LogP contribution in [0.25, 0.3) is 0 Å². The molecular formula is C11H16Br2O3. The topological polar surface area (TPSA) is 43.4 Å². The standard InChI is InChI=1S/C11H16Br2O3/c1-3-4-5-6-10(14)8(12)7-9(13)11(15)16-2/h7,9H,3-6H2,1-2H3. The Morgan fingerprint density at radius 3 is 2.50 bits per heavy atom. The Morgan fingerprint density at radius 1 is 1.38 bits per heavy atom. The second kappa shape index (κ2) is 8.93. The second-order valence-electron chi connectivity index (χ2n) is 3.32. The third kappa shape index (κ3) is 6.43. The SMILES string of the molecule is CCCCCC(=O)C(Br)=CC(Br)C(=O)OC. The molecule has 0 N–H and O–H groups in total. The number of hydrogen-bond acceptors (Lipinski definition) is 3. The number of halogens is 2. The van der Waals surface area contributed by atoms with Crippen molar-refractivity contribution in [2.24, 2.45) is 0 Å². The van der Waals surface area contributed by atoms with E-state index in [1.807, 2.05) is 0 Å². The van der Waals surface area contributed by atoms with Gasteiger partial charge in [-0.15, -0.1) is 0 Å². The molecule has 0 fully saturated rings. The molecule has 0 bridgehead atoms. The molecule has 0 aromatic rings. The van der Waals surface area contributed by atoms with E-state index in [2.05, 4.69) is 43.5 Å². The zero-order chi connectivity index (χ0) is 12.6. The third-order valence-corrected chi connectivity index (χ3v) is 3.34. The summed E-state index contributed by atoms with van der Waals surface area (Å²) in [6.07, 6.45) is 5.02. The Bertz CT molecular complexity index is 274. The number of ketones is 1. The molecule has 0 saturated carbocycles. The van der Waals surface area contributed by atoms with Crippen LogP contribution in [0, 0.1) is 0 Å². The molecule has 0 amide bonds. The van der Waals surface area contributed by atoms with Crippen LogP contribution in [-0.2, 0) is 14.3 Å². The summed E-state index contributed by atoms with van der Waals surface area (Å²) >= 11 is 6.29. The number of unbranched alkanes of at least 4 members (excludes halogenated alkanes) is 2. The van der Waals surface area contributed by atoms with Gasteiger partial charge in [0.15, 0.2) is 5.78 Å². The van der Waals surface area contributed by atoms with Crippen molar-refractivity contribution in [3.63, 3.8) is 0 Å². The molecule has 0 aromatic carbocycles. The van der Waals surface area contributed by atoms with Crippen molar-refractivity contribution in [3.05, 3.63) is 10.6 Å². The van der Waals surface area contributed by atoms with Gasteiger partial charge in [0.2, 0.25) is 0 Å². The summed E-state index contributed by atoms with van der Waals surface area (Å²) < 4.78 is 4.96. The zero-order valence-corrected chi connectivity index (χ0v) is 12.6. The van der Waals surface area contributed by atoms with E-state index < -0.39 is 10.8 Å². The molecule has 0 spiro atoms. The summed E-state index contributed by atoms with van der Waals surface area (Å²) in [5.41, 5.74) is 0. The van der Waals surface area contributed by atoms with E-state index in [4.69, 9.17) is 0 Å². The predicted molar refractivity (Wildman–Crippen MR) is 70.9 cm³/mol. The zero-order valence-electron chi connectivity index (χ0n) is 9.46. The predicted octanol–water partition coefficient (Wildman–Crippen LogP) is 3.35. The quantitative estimate of drug-likeness (QED) is 0.304. The van der Waals surface area contributed by atoms with E-state index >= 15 is 0 Å². The average molecular weight is 356 g/mol. The lowest BCUT2D eigenvalue weighted by molar-refractivity contribution is -0.138. The molecule has 0 aliphatic heterocycles. The Kier molecular flexibility index (Phi) is 8.84. The maximum Gasteiger partial charge on any atom is 0.323 e. The van der Waals surface area contributed by atoms with E-state index in [1.165, 1.54) is 13.2 Å². The van der Waals surface area contributed by atoms with Crippen molar-refractivity contribution >= 4 is 43.6 Å². The minimum absolute atomic E-state index is 0.0156. The van der Waals surface area contributed by atoms with Crippen LogP contribution in [0.15, 0.2) is 10.6 Å². The molecule has 0 heterocycles. The van der Waals surface area contributed by atoms with Crippen LogP contribution in [0.3, 0.4) is 0 Å². The van der Waals surface area contributed by atoms with Crippen LogP contribution in [0.4, 0.5) is 0 Å². The first kappa shape index (κ1) is 15.8. The summed E-state index contributed by atoms with van der Waals surface area (Å²) in [4.78, 5) is 22.1. The molecule has 1 atom stereocenters. The van der Waals surface area contributed by atoms with Crippen molar-refractivity contribution in [1.29, 1.82) is 0 Å². The highest BCUT2D eigenvalue weighted by Gasteiger charge is 2.15. The van der Waals surface area contributed by atoms with Crippen LogP contribution >= 0.6 is 31.9 Å². The van der Waals surface area contributed by atoms with Gasteiger partial charge in [-0.25, -0.2) is 0 Å². The minimum Gasteiger partial charge on any atom is -0.468 e. The Labute approximate surface area is 113 Å². The fourth-order valence-corrected chi connectivity index (χ4v) is 2.33. The van der Waals surface area contributed by atoms with Crippen LogP contribution < -0.4 is 0 Å². The summed E-state index contributed by atoms with van der Waals surface area (Å²) in [6, 6.07) is 0. The minimum atomic E-state index is -0.581. The van der Waals surface area contributed by atoms with Crippen LogP contribution in [0.1, 0.15) is 32.6 Å². The lowest BCUT2D eigenvalue weighted by Crippen LogP contribution is -2.14. The molecule has 92 valence electrons. The van der Waals surface area contributed by atoms with Crippen LogP contribution in [0.5, 0.6) is 0 Å². The second-order valence-corrected chi connectivity index (χ2v) is 5.16. The van der Waals surface area contributed by atoms with Gasteiger partial charge in [-0.3, -0.25) is 9.59 Å². The van der Waals surface area contributed by atoms with Crippen LogP contribution in [0.2, 0.25) is 0 Å². The summed E-state index contributed by atoms with van der Waals surface area (Å²) in [6.45, 7) is 2.08. The van der Waals surface area contributed by atoms with Gasteiger partial charge in [0.25, 0.3) is 0 Å². The molecule has 0 radical (unpaired) electrons. The molecule has 0 saturated heterocycles. The van der Waals surface area contributed by atoms with Crippen molar-refractivity contribution in [3.8, 4) is 0 Å². The Hall–Kier alpha value is -0.160. The molecule has 5 heteroatoms. The summed E-state index contributed by atoms with van der Waals surface area (Å²) in [5.74, 6) is -0.403. The van der Waals surface area contributed by atoms with Gasteiger partial charge < -0.3 is 4.74 Å². The summed E-state index contributed by atoms with van der Waals surface area (Å²) in [5, 5.41) is 0. The molecule has 0 rings (SSSR count). The first-order chi connectivity index (χ1) is 7.52. The Morgan fingerprint density at radius 2 is 2.00 bits per heavy atom. The lowest BCUT2D eigenvalue weighted by atomic mass is 10.1. The van der Waals surface area contributed by atoms with Gasteiger partial charge in [0.1, 0.15) is 4.83 Å². The molecule has 1 unspecified atom stereocenters. The van der Waals surface area contributed by atoms with Gasteiger partial charge in [0, 0.05) is 6.42 Å². The molecule has 0 aliphatic rings. The fourth-order valence-electron chi connectivity index (χ4n) is 1.06. The number of Topliss-reactive ketones (excluding diaryl/α,β-unsaturated/α-hetero) is 1. The van der Waals surface area contributed by atoms with Crippen molar-refractivity contribution in [1.82, 2.24) is 0 Å². The number of alkyl halides is 1. The number of allylic oxidation sites excluding steroid dienone is 1. The smallest absolute Gasteiger partial charge is 0.323 e. The normalized spacial score (nSPS) is 13.4. The molecule has 3 nitrogen and oxygen atoms in total. The number of carbonyl (C=O) groups is 2. The van der Waals surface area contributed by atoms with Gasteiger partial charge >= 0.3 is 5.97 Å². The van der Waals surface area contributed by atoms with Gasteiger partial charge in [-0.1, -0.05) is 35.7 Å². The van der Waals surface area contributed by atoms with Gasteiger partial charge in [-0.05, 0) is 28.4 Å². The highest BCUT2D eigenvalue weighted by Crippen LogP contribution is 2.16. The summed E-state index contributed by atoms with van der Waals surface area (Å²) in [7, 11) is 1.31. The first-order valence-corrected chi connectivity index (χ1v) is 6.86. The Balaban J connectivity index is 4.20. The highest BCUT2D eigenvalue weighted by molar-refractivity contribution is 9.12. The third-order valence-electron chi connectivity index (χ3n) is 1.99. The molecule has 0 aliphatic carbocycles. The van der Waals surface area contributed by atoms with E-state index in [1.54, 1.807) is 0 Å². The van der Waals surface area contributed by atoms with Gasteiger partial charge in [-0.2, -0.15) is 0 Å². The van der Waals surface area contributed by atoms with Crippen molar-refractivity contribution < 1.29 is 14.3 Å². The molecule has 0 aromatic heterocycles. The van der Waals surface area contributed by atoms with Gasteiger partial charge in [0.05, 0.1) is 11.6 Å². The van der Waals surface area contributed by atoms with E-state index in [-0.39, 0.29) is 5.78 Å². The monoisotopic (exact) mass is 354 g/mol. The van der Waals surface area contributed by atoms with E-state index in [0.29, 0.717) is 10.9 Å². The maximum absolute atomic E-state index is 11.6. The fraction of sp³-hybridized carbons (Fsp3) is 0.636. The number of carbonyl (C=O) groups excluding carboxylic acids is 2. The number of esters is 1. The van der Waals surface area contributed by atoms with Crippen molar-refractivity contribution in [2.45, 2.75) is 37.4 Å². The molecular weight excluding hydrogens is 340 g/mol. The lowest BCUT2D eigenvalue weighted by Gasteiger charge is -2.03. The highest BCUT2D eigenvalue weighted by atomic mass is 79.9. The first-order valence-electron chi connectivity index (χ1n) is 5.15.